The van der Waals surface area contributed by atoms with Crippen LogP contribution in [0.25, 0.3) is 21.9 Å². The molecule has 2 aromatic carbocycles. The zero-order valence-electron chi connectivity index (χ0n) is 16.0. The van der Waals surface area contributed by atoms with Gasteiger partial charge in [0.1, 0.15) is 0 Å². The molecule has 7 nitrogen and oxygen atoms in total. The van der Waals surface area contributed by atoms with E-state index < -0.39 is 0 Å². The van der Waals surface area contributed by atoms with Crippen LogP contribution in [0.15, 0.2) is 59.5 Å². The molecule has 0 aliphatic heterocycles. The number of aromatic amines is 1. The van der Waals surface area contributed by atoms with Crippen LogP contribution in [-0.2, 0) is 20.0 Å². The van der Waals surface area contributed by atoms with Crippen LogP contribution in [0.5, 0.6) is 0 Å². The normalized spacial score (nSPS) is 12.0. The summed E-state index contributed by atoms with van der Waals surface area (Å²) in [5.41, 5.74) is 9.94. The Morgan fingerprint density at radius 2 is 2.00 bits per heavy atom. The molecule has 1 atom stereocenters. The van der Waals surface area contributed by atoms with Crippen molar-refractivity contribution in [3.8, 4) is 17.2 Å². The van der Waals surface area contributed by atoms with Gasteiger partial charge in [0.25, 0.3) is 5.56 Å². The van der Waals surface area contributed by atoms with Crippen molar-refractivity contribution in [1.29, 1.82) is 5.26 Å². The number of aryl methyl sites for hydroxylation is 1. The molecule has 1 unspecified atom stereocenters. The lowest BCUT2D eigenvalue weighted by Gasteiger charge is -2.12. The number of hydrogen-bond acceptors (Lipinski definition) is 5. The number of nitrogens with one attached hydrogen (secondary N) is 1. The number of benzene rings is 2. The number of fused-ring (bicyclic) bond motifs is 1. The molecular formula is C22H20N6O. The predicted octanol–water partition coefficient (Wildman–Crippen LogP) is 2.63. The minimum absolute atomic E-state index is 0.223. The summed E-state index contributed by atoms with van der Waals surface area (Å²) in [6.07, 6.45) is 2.32. The van der Waals surface area contributed by atoms with Gasteiger partial charge in [-0.1, -0.05) is 36.4 Å². The van der Waals surface area contributed by atoms with Gasteiger partial charge in [-0.3, -0.25) is 9.48 Å². The molecule has 0 saturated heterocycles. The minimum Gasteiger partial charge on any atom is -0.325 e. The number of nitriles is 1. The standard InChI is InChI=1S/C22H20N6O/c1-28-21(10-16(11-23)14-5-3-2-4-6-14)19(13-25-28)15-7-8-17-18(9-15)20(12-24)26-27-22(17)29/h2-9,13,16H,10,12,24H2,1H3,(H,27,29). The van der Waals surface area contributed by atoms with E-state index in [9.17, 15) is 10.1 Å². The number of rotatable bonds is 5. The molecule has 7 heteroatoms. The molecule has 0 spiro atoms. The molecule has 0 amide bonds. The second kappa shape index (κ2) is 7.70. The van der Waals surface area contributed by atoms with E-state index in [1.807, 2.05) is 49.5 Å². The molecule has 29 heavy (non-hydrogen) atoms. The van der Waals surface area contributed by atoms with Crippen LogP contribution in [0.4, 0.5) is 0 Å². The Labute approximate surface area is 167 Å². The Morgan fingerprint density at radius 1 is 1.21 bits per heavy atom. The quantitative estimate of drug-likeness (QED) is 0.549. The first-order chi connectivity index (χ1) is 14.1. The lowest BCUT2D eigenvalue weighted by atomic mass is 9.92. The smallest absolute Gasteiger partial charge is 0.272 e. The molecule has 4 aromatic rings. The molecule has 0 aliphatic rings. The van der Waals surface area contributed by atoms with Crippen molar-refractivity contribution >= 4 is 10.8 Å². The molecule has 0 fully saturated rings. The van der Waals surface area contributed by atoms with Crippen molar-refractivity contribution in [2.75, 3.05) is 0 Å². The lowest BCUT2D eigenvalue weighted by molar-refractivity contribution is 0.685. The highest BCUT2D eigenvalue weighted by atomic mass is 16.1. The van der Waals surface area contributed by atoms with E-state index in [-0.39, 0.29) is 18.0 Å². The predicted molar refractivity (Wildman–Crippen MR) is 111 cm³/mol. The SMILES string of the molecule is Cn1ncc(-c2ccc3c(=O)[nH]nc(CN)c3c2)c1CC(C#N)c1ccccc1. The molecule has 0 aliphatic carbocycles. The van der Waals surface area contributed by atoms with E-state index in [4.69, 9.17) is 5.73 Å². The number of H-pyrrole nitrogens is 1. The summed E-state index contributed by atoms with van der Waals surface area (Å²) >= 11 is 0. The van der Waals surface area contributed by atoms with Gasteiger partial charge in [-0.15, -0.1) is 0 Å². The van der Waals surface area contributed by atoms with Crippen molar-refractivity contribution < 1.29 is 0 Å². The van der Waals surface area contributed by atoms with Gasteiger partial charge in [0.2, 0.25) is 0 Å². The van der Waals surface area contributed by atoms with Gasteiger partial charge in [0.15, 0.2) is 0 Å². The van der Waals surface area contributed by atoms with Gasteiger partial charge in [0.05, 0.1) is 29.3 Å². The van der Waals surface area contributed by atoms with Gasteiger partial charge in [0, 0.05) is 36.7 Å². The second-order valence-corrected chi connectivity index (χ2v) is 6.89. The van der Waals surface area contributed by atoms with Gasteiger partial charge in [-0.2, -0.15) is 15.5 Å². The van der Waals surface area contributed by atoms with Crippen LogP contribution in [0.1, 0.15) is 22.9 Å². The number of aromatic nitrogens is 4. The highest BCUT2D eigenvalue weighted by molar-refractivity contribution is 5.88. The van der Waals surface area contributed by atoms with E-state index in [0.29, 0.717) is 17.5 Å². The minimum atomic E-state index is -0.282. The van der Waals surface area contributed by atoms with Gasteiger partial charge in [-0.05, 0) is 23.3 Å². The van der Waals surface area contributed by atoms with E-state index in [1.165, 1.54) is 0 Å². The average molecular weight is 384 g/mol. The third kappa shape index (κ3) is 3.42. The highest BCUT2D eigenvalue weighted by Crippen LogP contribution is 2.30. The Hall–Kier alpha value is -3.76. The maximum atomic E-state index is 12.1. The number of nitrogens with zero attached hydrogens (tertiary/aromatic N) is 4. The van der Waals surface area contributed by atoms with Crippen molar-refractivity contribution in [3.05, 3.63) is 82.0 Å². The van der Waals surface area contributed by atoms with Crippen molar-refractivity contribution in [3.63, 3.8) is 0 Å². The first kappa shape index (κ1) is 18.6. The van der Waals surface area contributed by atoms with Crippen molar-refractivity contribution in [2.24, 2.45) is 12.8 Å². The fraction of sp³-hybridized carbons (Fsp3) is 0.182. The molecule has 144 valence electrons. The monoisotopic (exact) mass is 384 g/mol. The lowest BCUT2D eigenvalue weighted by Crippen LogP contribution is -2.13. The third-order valence-electron chi connectivity index (χ3n) is 5.19. The Morgan fingerprint density at radius 3 is 2.72 bits per heavy atom. The molecule has 0 bridgehead atoms. The molecule has 0 radical (unpaired) electrons. The Balaban J connectivity index is 1.80. The van der Waals surface area contributed by atoms with Crippen LogP contribution in [0.3, 0.4) is 0 Å². The fourth-order valence-corrected chi connectivity index (χ4v) is 3.61. The largest absolute Gasteiger partial charge is 0.325 e. The van der Waals surface area contributed by atoms with Gasteiger partial charge < -0.3 is 5.73 Å². The van der Waals surface area contributed by atoms with Crippen LogP contribution >= 0.6 is 0 Å². The summed E-state index contributed by atoms with van der Waals surface area (Å²) in [7, 11) is 1.87. The Kier molecular flexibility index (Phi) is 4.94. The van der Waals surface area contributed by atoms with Gasteiger partial charge in [-0.25, -0.2) is 5.10 Å². The molecule has 0 saturated carbocycles. The van der Waals surface area contributed by atoms with Crippen LogP contribution in [0.2, 0.25) is 0 Å². The Bertz CT molecular complexity index is 1270. The second-order valence-electron chi connectivity index (χ2n) is 6.89. The van der Waals surface area contributed by atoms with E-state index in [0.717, 1.165) is 27.8 Å². The zero-order valence-corrected chi connectivity index (χ0v) is 16.0. The van der Waals surface area contributed by atoms with Crippen LogP contribution < -0.4 is 11.3 Å². The summed E-state index contributed by atoms with van der Waals surface area (Å²) < 4.78 is 1.80. The number of nitrogens with two attached hydrogens (primary N) is 1. The summed E-state index contributed by atoms with van der Waals surface area (Å²) in [6, 6.07) is 17.7. The zero-order chi connectivity index (χ0) is 20.4. The topological polar surface area (TPSA) is 113 Å². The first-order valence-electron chi connectivity index (χ1n) is 9.29. The summed E-state index contributed by atoms with van der Waals surface area (Å²) in [5, 5.41) is 22.0. The average Bonchev–Trinajstić information content (AvgIpc) is 3.12. The first-order valence-corrected chi connectivity index (χ1v) is 9.29. The maximum absolute atomic E-state index is 12.1. The molecule has 2 heterocycles. The summed E-state index contributed by atoms with van der Waals surface area (Å²) in [6.45, 7) is 0.223. The number of hydrogen-bond donors (Lipinski definition) is 2. The van der Waals surface area contributed by atoms with Gasteiger partial charge >= 0.3 is 0 Å². The molecule has 3 N–H and O–H groups in total. The van der Waals surface area contributed by atoms with E-state index >= 15 is 0 Å². The molecular weight excluding hydrogens is 364 g/mol. The van der Waals surface area contributed by atoms with Crippen LogP contribution in [0, 0.1) is 11.3 Å². The van der Waals surface area contributed by atoms with E-state index in [1.54, 1.807) is 16.9 Å². The fourth-order valence-electron chi connectivity index (χ4n) is 3.61. The third-order valence-corrected chi connectivity index (χ3v) is 5.19. The van der Waals surface area contributed by atoms with Crippen molar-refractivity contribution in [2.45, 2.75) is 18.9 Å². The molecule has 4 rings (SSSR count). The van der Waals surface area contributed by atoms with Crippen LogP contribution in [-0.4, -0.2) is 20.0 Å². The molecule has 2 aromatic heterocycles. The summed E-state index contributed by atoms with van der Waals surface area (Å²) in [5.74, 6) is -0.282. The van der Waals surface area contributed by atoms with E-state index in [2.05, 4.69) is 21.4 Å². The maximum Gasteiger partial charge on any atom is 0.272 e. The highest BCUT2D eigenvalue weighted by Gasteiger charge is 2.19. The summed E-state index contributed by atoms with van der Waals surface area (Å²) in [4.78, 5) is 12.1. The van der Waals surface area contributed by atoms with Crippen molar-refractivity contribution in [1.82, 2.24) is 20.0 Å².